The number of amides is 1. The summed E-state index contributed by atoms with van der Waals surface area (Å²) in [6.07, 6.45) is -0.722. The Balaban J connectivity index is 2.12. The van der Waals surface area contributed by atoms with Gasteiger partial charge in [0.2, 0.25) is 0 Å². The number of carbonyl (C=O) groups excluding carboxylic acids is 1. The fraction of sp³-hybridized carbons (Fsp3) is 0.188. The molecule has 1 amide bonds. The molecule has 23 heavy (non-hydrogen) atoms. The molecule has 0 heterocycles. The SMILES string of the molecule is CCOC(=O)Nc1ccc(NCc2ccccc2)cc1[N+](=O)[O-]. The molecule has 0 spiro atoms. The minimum Gasteiger partial charge on any atom is -0.450 e. The molecule has 0 saturated carbocycles. The number of rotatable bonds is 6. The number of nitrogens with zero attached hydrogens (tertiary/aromatic N) is 1. The average Bonchev–Trinajstić information content (AvgIpc) is 2.55. The van der Waals surface area contributed by atoms with E-state index >= 15 is 0 Å². The molecule has 0 radical (unpaired) electrons. The zero-order chi connectivity index (χ0) is 16.7. The minimum atomic E-state index is -0.722. The van der Waals surface area contributed by atoms with Gasteiger partial charge in [-0.05, 0) is 24.6 Å². The molecule has 0 unspecified atom stereocenters. The second-order valence-electron chi connectivity index (χ2n) is 4.67. The van der Waals surface area contributed by atoms with Gasteiger partial charge < -0.3 is 10.1 Å². The maximum Gasteiger partial charge on any atom is 0.411 e. The van der Waals surface area contributed by atoms with Crippen molar-refractivity contribution in [3.05, 3.63) is 64.2 Å². The first-order valence-corrected chi connectivity index (χ1v) is 7.10. The van der Waals surface area contributed by atoms with Crippen molar-refractivity contribution >= 4 is 23.2 Å². The summed E-state index contributed by atoms with van der Waals surface area (Å²) in [7, 11) is 0. The molecule has 0 aliphatic rings. The average molecular weight is 315 g/mol. The molecule has 0 atom stereocenters. The van der Waals surface area contributed by atoms with Crippen LogP contribution in [0.25, 0.3) is 0 Å². The van der Waals surface area contributed by atoms with E-state index in [1.54, 1.807) is 13.0 Å². The Labute approximate surface area is 133 Å². The number of hydrogen-bond donors (Lipinski definition) is 2. The Bertz CT molecular complexity index is 689. The number of carbonyl (C=O) groups is 1. The smallest absolute Gasteiger partial charge is 0.411 e. The predicted octanol–water partition coefficient (Wildman–Crippen LogP) is 3.78. The van der Waals surface area contributed by atoms with Crippen LogP contribution >= 0.6 is 0 Å². The van der Waals surface area contributed by atoms with Crippen LogP contribution in [0.3, 0.4) is 0 Å². The summed E-state index contributed by atoms with van der Waals surface area (Å²) in [4.78, 5) is 22.0. The lowest BCUT2D eigenvalue weighted by molar-refractivity contribution is -0.383. The van der Waals surface area contributed by atoms with Crippen molar-refractivity contribution in [1.29, 1.82) is 0 Å². The summed E-state index contributed by atoms with van der Waals surface area (Å²) in [5.41, 5.74) is 1.55. The fourth-order valence-corrected chi connectivity index (χ4v) is 1.98. The first-order chi connectivity index (χ1) is 11.1. The van der Waals surface area contributed by atoms with Crippen molar-refractivity contribution in [2.24, 2.45) is 0 Å². The van der Waals surface area contributed by atoms with Crippen LogP contribution in [-0.4, -0.2) is 17.6 Å². The van der Waals surface area contributed by atoms with Crippen LogP contribution in [0.5, 0.6) is 0 Å². The van der Waals surface area contributed by atoms with E-state index in [4.69, 9.17) is 4.74 Å². The van der Waals surface area contributed by atoms with Gasteiger partial charge in [-0.2, -0.15) is 0 Å². The maximum atomic E-state index is 11.4. The van der Waals surface area contributed by atoms with E-state index in [0.717, 1.165) is 5.56 Å². The summed E-state index contributed by atoms with van der Waals surface area (Å²) in [6.45, 7) is 2.39. The molecule has 0 aromatic heterocycles. The van der Waals surface area contributed by atoms with Gasteiger partial charge in [0.25, 0.3) is 5.69 Å². The van der Waals surface area contributed by atoms with Gasteiger partial charge in [0.05, 0.1) is 11.5 Å². The van der Waals surface area contributed by atoms with Crippen molar-refractivity contribution in [1.82, 2.24) is 0 Å². The Morgan fingerprint density at radius 2 is 1.96 bits per heavy atom. The molecule has 2 aromatic carbocycles. The summed E-state index contributed by atoms with van der Waals surface area (Å²) < 4.78 is 4.73. The highest BCUT2D eigenvalue weighted by atomic mass is 16.6. The fourth-order valence-electron chi connectivity index (χ4n) is 1.98. The highest BCUT2D eigenvalue weighted by Crippen LogP contribution is 2.28. The number of nitro groups is 1. The molecule has 2 aromatic rings. The summed E-state index contributed by atoms with van der Waals surface area (Å²) in [5.74, 6) is 0. The second-order valence-corrected chi connectivity index (χ2v) is 4.67. The van der Waals surface area contributed by atoms with E-state index in [1.807, 2.05) is 30.3 Å². The predicted molar refractivity (Wildman–Crippen MR) is 87.5 cm³/mol. The summed E-state index contributed by atoms with van der Waals surface area (Å²) >= 11 is 0. The third kappa shape index (κ3) is 4.70. The normalized spacial score (nSPS) is 9.96. The third-order valence-corrected chi connectivity index (χ3v) is 3.05. The van der Waals surface area contributed by atoms with Crippen LogP contribution in [-0.2, 0) is 11.3 Å². The zero-order valence-electron chi connectivity index (χ0n) is 12.6. The standard InChI is InChI=1S/C16H17N3O4/c1-2-23-16(20)18-14-9-8-13(10-15(14)19(21)22)17-11-12-6-4-3-5-7-12/h3-10,17H,2,11H2,1H3,(H,18,20). The number of nitrogens with one attached hydrogen (secondary N) is 2. The summed E-state index contributed by atoms with van der Waals surface area (Å²) in [5, 5.41) is 16.6. The molecule has 7 nitrogen and oxygen atoms in total. The van der Waals surface area contributed by atoms with E-state index in [9.17, 15) is 14.9 Å². The van der Waals surface area contributed by atoms with Gasteiger partial charge in [0.1, 0.15) is 5.69 Å². The van der Waals surface area contributed by atoms with E-state index in [0.29, 0.717) is 12.2 Å². The quantitative estimate of drug-likeness (QED) is 0.625. The van der Waals surface area contributed by atoms with E-state index < -0.39 is 11.0 Å². The Morgan fingerprint density at radius 3 is 2.61 bits per heavy atom. The lowest BCUT2D eigenvalue weighted by atomic mass is 10.2. The monoisotopic (exact) mass is 315 g/mol. The number of nitro benzene ring substituents is 1. The van der Waals surface area contributed by atoms with Crippen molar-refractivity contribution in [2.75, 3.05) is 17.2 Å². The Hall–Kier alpha value is -3.09. The largest absolute Gasteiger partial charge is 0.450 e. The second kappa shape index (κ2) is 7.79. The van der Waals surface area contributed by atoms with Crippen molar-refractivity contribution in [3.63, 3.8) is 0 Å². The van der Waals surface area contributed by atoms with Crippen LogP contribution in [0.15, 0.2) is 48.5 Å². The van der Waals surface area contributed by atoms with E-state index in [1.165, 1.54) is 12.1 Å². The Kier molecular flexibility index (Phi) is 5.51. The summed E-state index contributed by atoms with van der Waals surface area (Å²) in [6, 6.07) is 14.2. The minimum absolute atomic E-state index is 0.0960. The first kappa shape index (κ1) is 16.3. The zero-order valence-corrected chi connectivity index (χ0v) is 12.6. The van der Waals surface area contributed by atoms with Crippen molar-refractivity contribution in [3.8, 4) is 0 Å². The number of anilines is 2. The molecule has 0 bridgehead atoms. The van der Waals surface area contributed by atoms with Crippen LogP contribution in [0.1, 0.15) is 12.5 Å². The van der Waals surface area contributed by atoms with Crippen LogP contribution in [0, 0.1) is 10.1 Å². The lowest BCUT2D eigenvalue weighted by Gasteiger charge is -2.09. The van der Waals surface area contributed by atoms with E-state index in [-0.39, 0.29) is 18.0 Å². The van der Waals surface area contributed by atoms with Crippen LogP contribution in [0.4, 0.5) is 21.9 Å². The van der Waals surface area contributed by atoms with Gasteiger partial charge in [-0.25, -0.2) is 4.79 Å². The molecular weight excluding hydrogens is 298 g/mol. The maximum absolute atomic E-state index is 11.4. The highest BCUT2D eigenvalue weighted by Gasteiger charge is 2.17. The van der Waals surface area contributed by atoms with Gasteiger partial charge in [0, 0.05) is 18.3 Å². The molecule has 2 rings (SSSR count). The first-order valence-electron chi connectivity index (χ1n) is 7.10. The highest BCUT2D eigenvalue weighted by molar-refractivity contribution is 5.88. The number of ether oxygens (including phenoxy) is 1. The third-order valence-electron chi connectivity index (χ3n) is 3.05. The van der Waals surface area contributed by atoms with E-state index in [2.05, 4.69) is 10.6 Å². The van der Waals surface area contributed by atoms with Gasteiger partial charge in [0.15, 0.2) is 0 Å². The van der Waals surface area contributed by atoms with Crippen molar-refractivity contribution < 1.29 is 14.5 Å². The van der Waals surface area contributed by atoms with Gasteiger partial charge in [-0.1, -0.05) is 30.3 Å². The Morgan fingerprint density at radius 1 is 1.22 bits per heavy atom. The molecular formula is C16H17N3O4. The molecule has 120 valence electrons. The van der Waals surface area contributed by atoms with Gasteiger partial charge in [-0.15, -0.1) is 0 Å². The topological polar surface area (TPSA) is 93.5 Å². The lowest BCUT2D eigenvalue weighted by Crippen LogP contribution is -2.14. The van der Waals surface area contributed by atoms with Crippen LogP contribution < -0.4 is 10.6 Å². The molecule has 2 N–H and O–H groups in total. The van der Waals surface area contributed by atoms with Crippen molar-refractivity contribution in [2.45, 2.75) is 13.5 Å². The molecule has 7 heteroatoms. The molecule has 0 saturated heterocycles. The van der Waals surface area contributed by atoms with Gasteiger partial charge in [-0.3, -0.25) is 15.4 Å². The molecule has 0 aliphatic carbocycles. The molecule has 0 fully saturated rings. The van der Waals surface area contributed by atoms with Crippen LogP contribution in [0.2, 0.25) is 0 Å². The van der Waals surface area contributed by atoms with Gasteiger partial charge >= 0.3 is 6.09 Å². The number of hydrogen-bond acceptors (Lipinski definition) is 5. The number of benzene rings is 2. The molecule has 0 aliphatic heterocycles.